The second kappa shape index (κ2) is 8.41. The SMILES string of the molecule is Br.COC(=O)N(N)C(C)c1ccc(Oc2ccccc2)cc1. The monoisotopic (exact) mass is 366 g/mol. The molecule has 0 bridgehead atoms. The number of nitrogens with two attached hydrogens (primary N) is 1. The fourth-order valence-corrected chi connectivity index (χ4v) is 1.86. The van der Waals surface area contributed by atoms with Crippen LogP contribution in [0.4, 0.5) is 4.79 Å². The van der Waals surface area contributed by atoms with E-state index in [-0.39, 0.29) is 23.0 Å². The first-order chi connectivity index (χ1) is 10.1. The van der Waals surface area contributed by atoms with E-state index in [9.17, 15) is 4.79 Å². The molecular formula is C16H19BrN2O3. The highest BCUT2D eigenvalue weighted by molar-refractivity contribution is 8.93. The van der Waals surface area contributed by atoms with Crippen molar-refractivity contribution >= 4 is 23.1 Å². The van der Waals surface area contributed by atoms with Gasteiger partial charge in [0.2, 0.25) is 0 Å². The van der Waals surface area contributed by atoms with Crippen LogP contribution in [-0.4, -0.2) is 18.2 Å². The molecule has 2 N–H and O–H groups in total. The summed E-state index contributed by atoms with van der Waals surface area (Å²) in [7, 11) is 1.30. The number of methoxy groups -OCH3 is 1. The van der Waals surface area contributed by atoms with Crippen LogP contribution in [0.3, 0.4) is 0 Å². The summed E-state index contributed by atoms with van der Waals surface area (Å²) in [5.74, 6) is 7.19. The quantitative estimate of drug-likeness (QED) is 0.503. The van der Waals surface area contributed by atoms with Crippen LogP contribution in [0.5, 0.6) is 11.5 Å². The Hall–Kier alpha value is -2.05. The third-order valence-corrected chi connectivity index (χ3v) is 3.14. The maximum Gasteiger partial charge on any atom is 0.424 e. The number of rotatable bonds is 4. The Bertz CT molecular complexity index is 590. The van der Waals surface area contributed by atoms with E-state index < -0.39 is 6.09 Å². The van der Waals surface area contributed by atoms with Crippen molar-refractivity contribution in [2.45, 2.75) is 13.0 Å². The minimum absolute atomic E-state index is 0. The molecule has 2 aromatic rings. The molecule has 0 aromatic heterocycles. The number of benzene rings is 2. The zero-order valence-electron chi connectivity index (χ0n) is 12.4. The van der Waals surface area contributed by atoms with Gasteiger partial charge in [-0.2, -0.15) is 0 Å². The number of amides is 1. The fourth-order valence-electron chi connectivity index (χ4n) is 1.86. The molecule has 2 aromatic carbocycles. The predicted molar refractivity (Wildman–Crippen MR) is 90.1 cm³/mol. The summed E-state index contributed by atoms with van der Waals surface area (Å²) in [6.07, 6.45) is -0.577. The van der Waals surface area contributed by atoms with E-state index in [0.29, 0.717) is 0 Å². The number of carbonyl (C=O) groups is 1. The summed E-state index contributed by atoms with van der Waals surface area (Å²) < 4.78 is 10.3. The van der Waals surface area contributed by atoms with Crippen LogP contribution in [0.1, 0.15) is 18.5 Å². The molecule has 1 unspecified atom stereocenters. The molecule has 0 fully saturated rings. The van der Waals surface area contributed by atoms with Crippen molar-refractivity contribution in [1.29, 1.82) is 0 Å². The first-order valence-electron chi connectivity index (χ1n) is 6.56. The summed E-state index contributed by atoms with van der Waals surface area (Å²) in [6, 6.07) is 16.6. The molecule has 118 valence electrons. The van der Waals surface area contributed by atoms with Gasteiger partial charge in [0.05, 0.1) is 13.2 Å². The van der Waals surface area contributed by atoms with Gasteiger partial charge in [-0.05, 0) is 36.8 Å². The molecule has 0 saturated carbocycles. The van der Waals surface area contributed by atoms with E-state index >= 15 is 0 Å². The average molecular weight is 367 g/mol. The highest BCUT2D eigenvalue weighted by Crippen LogP contribution is 2.24. The van der Waals surface area contributed by atoms with Crippen LogP contribution >= 0.6 is 17.0 Å². The van der Waals surface area contributed by atoms with Gasteiger partial charge in [0.25, 0.3) is 0 Å². The van der Waals surface area contributed by atoms with Crippen LogP contribution in [0.25, 0.3) is 0 Å². The standard InChI is InChI=1S/C16H18N2O3.BrH/c1-12(18(17)16(19)20-2)13-8-10-15(11-9-13)21-14-6-4-3-5-7-14;/h3-12H,17H2,1-2H3;1H. The topological polar surface area (TPSA) is 64.8 Å². The fraction of sp³-hybridized carbons (Fsp3) is 0.188. The van der Waals surface area contributed by atoms with Crippen LogP contribution in [0, 0.1) is 0 Å². The smallest absolute Gasteiger partial charge is 0.424 e. The van der Waals surface area contributed by atoms with Gasteiger partial charge in [0.15, 0.2) is 0 Å². The second-order valence-corrected chi connectivity index (χ2v) is 4.54. The lowest BCUT2D eigenvalue weighted by atomic mass is 10.1. The molecule has 0 radical (unpaired) electrons. The number of nitrogens with zero attached hydrogens (tertiary/aromatic N) is 1. The van der Waals surface area contributed by atoms with Gasteiger partial charge in [0, 0.05) is 0 Å². The molecule has 0 saturated heterocycles. The van der Waals surface area contributed by atoms with Crippen molar-refractivity contribution in [3.63, 3.8) is 0 Å². The summed E-state index contributed by atoms with van der Waals surface area (Å²) in [6.45, 7) is 1.82. The number of carbonyl (C=O) groups excluding carboxylic acids is 1. The van der Waals surface area contributed by atoms with Gasteiger partial charge in [0.1, 0.15) is 11.5 Å². The van der Waals surface area contributed by atoms with Gasteiger partial charge < -0.3 is 9.47 Å². The lowest BCUT2D eigenvalue weighted by molar-refractivity contribution is 0.108. The molecule has 0 spiro atoms. The van der Waals surface area contributed by atoms with Crippen molar-refractivity contribution in [3.05, 3.63) is 60.2 Å². The van der Waals surface area contributed by atoms with E-state index in [0.717, 1.165) is 22.1 Å². The lowest BCUT2D eigenvalue weighted by Gasteiger charge is -2.23. The zero-order chi connectivity index (χ0) is 15.2. The highest BCUT2D eigenvalue weighted by atomic mass is 79.9. The molecule has 0 aliphatic rings. The van der Waals surface area contributed by atoms with E-state index in [1.807, 2.05) is 61.5 Å². The molecule has 2 rings (SSSR count). The summed E-state index contributed by atoms with van der Waals surface area (Å²) in [5, 5.41) is 1.05. The minimum atomic E-state index is -0.577. The van der Waals surface area contributed by atoms with Crippen molar-refractivity contribution < 1.29 is 14.3 Å². The predicted octanol–water partition coefficient (Wildman–Crippen LogP) is 4.06. The summed E-state index contributed by atoms with van der Waals surface area (Å²) in [5.41, 5.74) is 0.892. The lowest BCUT2D eigenvalue weighted by Crippen LogP contribution is -2.39. The van der Waals surface area contributed by atoms with Gasteiger partial charge in [-0.1, -0.05) is 30.3 Å². The van der Waals surface area contributed by atoms with Crippen molar-refractivity contribution in [3.8, 4) is 11.5 Å². The molecular weight excluding hydrogens is 348 g/mol. The molecule has 1 atom stereocenters. The zero-order valence-corrected chi connectivity index (χ0v) is 14.1. The Morgan fingerprint density at radius 2 is 1.59 bits per heavy atom. The normalized spacial score (nSPS) is 11.0. The molecule has 22 heavy (non-hydrogen) atoms. The first kappa shape index (κ1) is 18.0. The largest absolute Gasteiger partial charge is 0.457 e. The minimum Gasteiger partial charge on any atom is -0.457 e. The van der Waals surface area contributed by atoms with E-state index in [1.54, 1.807) is 0 Å². The maximum atomic E-state index is 11.4. The summed E-state index contributed by atoms with van der Waals surface area (Å²) >= 11 is 0. The van der Waals surface area contributed by atoms with Crippen LogP contribution < -0.4 is 10.6 Å². The van der Waals surface area contributed by atoms with Crippen molar-refractivity contribution in [2.24, 2.45) is 5.84 Å². The van der Waals surface area contributed by atoms with Crippen LogP contribution in [0.2, 0.25) is 0 Å². The van der Waals surface area contributed by atoms with Crippen LogP contribution in [-0.2, 0) is 4.74 Å². The van der Waals surface area contributed by atoms with Gasteiger partial charge >= 0.3 is 6.09 Å². The number of para-hydroxylation sites is 1. The Morgan fingerprint density at radius 3 is 2.14 bits per heavy atom. The van der Waals surface area contributed by atoms with Gasteiger partial charge in [-0.15, -0.1) is 17.0 Å². The molecule has 0 heterocycles. The molecule has 5 nitrogen and oxygen atoms in total. The third-order valence-electron chi connectivity index (χ3n) is 3.14. The number of hydrogen-bond acceptors (Lipinski definition) is 4. The van der Waals surface area contributed by atoms with E-state index in [1.165, 1.54) is 7.11 Å². The van der Waals surface area contributed by atoms with E-state index in [4.69, 9.17) is 10.6 Å². The Labute approximate surface area is 140 Å². The van der Waals surface area contributed by atoms with Crippen molar-refractivity contribution in [2.75, 3.05) is 7.11 Å². The number of hydrogen-bond donors (Lipinski definition) is 1. The Kier molecular flexibility index (Phi) is 6.88. The molecule has 6 heteroatoms. The molecule has 1 amide bonds. The Morgan fingerprint density at radius 1 is 1.05 bits per heavy atom. The highest BCUT2D eigenvalue weighted by Gasteiger charge is 2.18. The Balaban J connectivity index is 0.00000242. The number of hydrazine groups is 1. The van der Waals surface area contributed by atoms with Gasteiger partial charge in [-0.25, -0.2) is 15.6 Å². The first-order valence-corrected chi connectivity index (χ1v) is 6.56. The number of halogens is 1. The van der Waals surface area contributed by atoms with Crippen molar-refractivity contribution in [1.82, 2.24) is 5.01 Å². The third kappa shape index (κ3) is 4.47. The average Bonchev–Trinajstić information content (AvgIpc) is 2.54. The van der Waals surface area contributed by atoms with Gasteiger partial charge in [-0.3, -0.25) is 0 Å². The second-order valence-electron chi connectivity index (χ2n) is 4.54. The molecule has 0 aliphatic carbocycles. The maximum absolute atomic E-state index is 11.4. The molecule has 0 aliphatic heterocycles. The number of ether oxygens (including phenoxy) is 2. The van der Waals surface area contributed by atoms with Crippen LogP contribution in [0.15, 0.2) is 54.6 Å². The summed E-state index contributed by atoms with van der Waals surface area (Å²) in [4.78, 5) is 11.4. The van der Waals surface area contributed by atoms with E-state index in [2.05, 4.69) is 4.74 Å².